The van der Waals surface area contributed by atoms with Crippen molar-refractivity contribution in [3.8, 4) is 11.5 Å². The summed E-state index contributed by atoms with van der Waals surface area (Å²) in [6, 6.07) is 4.89. The highest BCUT2D eigenvalue weighted by molar-refractivity contribution is 5.85. The summed E-state index contributed by atoms with van der Waals surface area (Å²) in [5.74, 6) is 0.474. The predicted molar refractivity (Wildman–Crippen MR) is 72.9 cm³/mol. The minimum atomic E-state index is -0.425. The number of amides is 1. The van der Waals surface area contributed by atoms with E-state index >= 15 is 0 Å². The van der Waals surface area contributed by atoms with E-state index in [1.807, 2.05) is 13.8 Å². The summed E-state index contributed by atoms with van der Waals surface area (Å²) in [6.07, 6.45) is -0.425. The maximum absolute atomic E-state index is 11.3. The number of carbonyl (C=O) groups excluding carboxylic acids is 1. The van der Waals surface area contributed by atoms with Crippen LogP contribution < -0.4 is 10.1 Å². The largest absolute Gasteiger partial charge is 0.504 e. The second kappa shape index (κ2) is 5.57. The SMILES string of the molecule is COc1cc([C@@H]2NC(=O)OCC2(C)C)ccc1O.Cl. The molecule has 106 valence electrons. The minimum Gasteiger partial charge on any atom is -0.504 e. The van der Waals surface area contributed by atoms with Gasteiger partial charge in [-0.25, -0.2) is 4.79 Å². The Kier molecular flexibility index (Phi) is 4.52. The molecule has 2 rings (SSSR count). The number of ether oxygens (including phenoxy) is 2. The smallest absolute Gasteiger partial charge is 0.407 e. The Morgan fingerprint density at radius 3 is 2.79 bits per heavy atom. The van der Waals surface area contributed by atoms with Crippen LogP contribution in [-0.4, -0.2) is 24.9 Å². The van der Waals surface area contributed by atoms with Crippen molar-refractivity contribution in [2.24, 2.45) is 5.41 Å². The molecule has 1 amide bonds. The van der Waals surface area contributed by atoms with Crippen LogP contribution in [0.3, 0.4) is 0 Å². The average molecular weight is 288 g/mol. The number of nitrogens with one attached hydrogen (secondary N) is 1. The van der Waals surface area contributed by atoms with Gasteiger partial charge in [0, 0.05) is 5.41 Å². The van der Waals surface area contributed by atoms with Crippen molar-refractivity contribution in [1.82, 2.24) is 5.32 Å². The number of rotatable bonds is 2. The normalized spacial score (nSPS) is 20.8. The van der Waals surface area contributed by atoms with E-state index in [9.17, 15) is 9.90 Å². The number of hydrogen-bond donors (Lipinski definition) is 2. The van der Waals surface area contributed by atoms with Crippen LogP contribution in [0.1, 0.15) is 25.5 Å². The van der Waals surface area contributed by atoms with E-state index in [0.717, 1.165) is 5.56 Å². The summed E-state index contributed by atoms with van der Waals surface area (Å²) in [5.41, 5.74) is 0.655. The van der Waals surface area contributed by atoms with E-state index in [4.69, 9.17) is 9.47 Å². The topological polar surface area (TPSA) is 67.8 Å². The molecular weight excluding hydrogens is 270 g/mol. The van der Waals surface area contributed by atoms with Crippen molar-refractivity contribution in [3.63, 3.8) is 0 Å². The first-order valence-corrected chi connectivity index (χ1v) is 5.74. The molecule has 0 bridgehead atoms. The van der Waals surface area contributed by atoms with Gasteiger partial charge < -0.3 is 19.9 Å². The van der Waals surface area contributed by atoms with Gasteiger partial charge in [-0.3, -0.25) is 0 Å². The standard InChI is InChI=1S/C13H17NO4.ClH/c1-13(2)7-18-12(16)14-11(13)8-4-5-9(15)10(6-8)17-3;/h4-6,11,15H,7H2,1-3H3,(H,14,16);1H/t11-;/m0./s1. The lowest BCUT2D eigenvalue weighted by Gasteiger charge is -2.38. The van der Waals surface area contributed by atoms with Crippen LogP contribution in [0.2, 0.25) is 0 Å². The first kappa shape index (κ1) is 15.4. The molecule has 5 nitrogen and oxygen atoms in total. The molecule has 0 radical (unpaired) electrons. The number of halogens is 1. The maximum atomic E-state index is 11.3. The zero-order valence-corrected chi connectivity index (χ0v) is 11.9. The molecule has 2 N–H and O–H groups in total. The number of alkyl carbamates (subject to hydrolysis) is 1. The van der Waals surface area contributed by atoms with Crippen molar-refractivity contribution in [2.75, 3.05) is 13.7 Å². The predicted octanol–water partition coefficient (Wildman–Crippen LogP) is 2.63. The van der Waals surface area contributed by atoms with Gasteiger partial charge >= 0.3 is 6.09 Å². The quantitative estimate of drug-likeness (QED) is 0.877. The van der Waals surface area contributed by atoms with Gasteiger partial charge in [0.1, 0.15) is 6.61 Å². The number of benzene rings is 1. The summed E-state index contributed by atoms with van der Waals surface area (Å²) in [5, 5.41) is 12.4. The fourth-order valence-corrected chi connectivity index (χ4v) is 2.10. The summed E-state index contributed by atoms with van der Waals surface area (Å²) in [6.45, 7) is 4.37. The Labute approximate surface area is 118 Å². The molecule has 1 fully saturated rings. The Hall–Kier alpha value is -1.62. The Bertz CT molecular complexity index is 476. The zero-order chi connectivity index (χ0) is 13.3. The van der Waals surface area contributed by atoms with Gasteiger partial charge in [-0.15, -0.1) is 12.4 Å². The molecule has 1 aromatic rings. The van der Waals surface area contributed by atoms with E-state index < -0.39 is 6.09 Å². The molecule has 1 aliphatic heterocycles. The van der Waals surface area contributed by atoms with Crippen molar-refractivity contribution >= 4 is 18.5 Å². The van der Waals surface area contributed by atoms with Gasteiger partial charge in [0.2, 0.25) is 0 Å². The Morgan fingerprint density at radius 1 is 1.47 bits per heavy atom. The first-order chi connectivity index (χ1) is 8.44. The number of carbonyl (C=O) groups is 1. The van der Waals surface area contributed by atoms with Gasteiger partial charge in [-0.1, -0.05) is 19.9 Å². The van der Waals surface area contributed by atoms with E-state index in [-0.39, 0.29) is 29.6 Å². The molecule has 0 saturated carbocycles. The third-order valence-electron chi connectivity index (χ3n) is 3.16. The number of cyclic esters (lactones) is 1. The molecule has 1 heterocycles. The van der Waals surface area contributed by atoms with Gasteiger partial charge in [-0.2, -0.15) is 0 Å². The fraction of sp³-hybridized carbons (Fsp3) is 0.462. The fourth-order valence-electron chi connectivity index (χ4n) is 2.10. The molecule has 1 atom stereocenters. The highest BCUT2D eigenvalue weighted by Gasteiger charge is 2.38. The van der Waals surface area contributed by atoms with Crippen molar-refractivity contribution in [2.45, 2.75) is 19.9 Å². The lowest BCUT2D eigenvalue weighted by molar-refractivity contribution is 0.0387. The van der Waals surface area contributed by atoms with Gasteiger partial charge in [0.05, 0.1) is 13.2 Å². The van der Waals surface area contributed by atoms with Gasteiger partial charge in [0.25, 0.3) is 0 Å². The van der Waals surface area contributed by atoms with Crippen LogP contribution in [0.4, 0.5) is 4.79 Å². The third kappa shape index (κ3) is 3.04. The Balaban J connectivity index is 0.00000180. The molecule has 1 aliphatic rings. The maximum Gasteiger partial charge on any atom is 0.407 e. The summed E-state index contributed by atoms with van der Waals surface area (Å²) >= 11 is 0. The molecule has 6 heteroatoms. The van der Waals surface area contributed by atoms with Crippen LogP contribution in [0.5, 0.6) is 11.5 Å². The van der Waals surface area contributed by atoms with E-state index in [1.54, 1.807) is 18.2 Å². The molecule has 19 heavy (non-hydrogen) atoms. The third-order valence-corrected chi connectivity index (χ3v) is 3.16. The number of hydrogen-bond acceptors (Lipinski definition) is 4. The minimum absolute atomic E-state index is 0. The number of phenolic OH excluding ortho intramolecular Hbond substituents is 1. The molecule has 0 aliphatic carbocycles. The molecule has 1 saturated heterocycles. The van der Waals surface area contributed by atoms with E-state index in [0.29, 0.717) is 12.4 Å². The summed E-state index contributed by atoms with van der Waals surface area (Å²) in [7, 11) is 1.49. The lowest BCUT2D eigenvalue weighted by Crippen LogP contribution is -2.46. The van der Waals surface area contributed by atoms with E-state index in [2.05, 4.69) is 5.32 Å². The zero-order valence-electron chi connectivity index (χ0n) is 11.1. The highest BCUT2D eigenvalue weighted by atomic mass is 35.5. The van der Waals surface area contributed by atoms with Crippen LogP contribution in [0, 0.1) is 5.41 Å². The Morgan fingerprint density at radius 2 is 2.16 bits per heavy atom. The molecule has 0 aromatic heterocycles. The summed E-state index contributed by atoms with van der Waals surface area (Å²) in [4.78, 5) is 11.3. The average Bonchev–Trinajstić information content (AvgIpc) is 2.33. The van der Waals surface area contributed by atoms with Crippen molar-refractivity contribution in [1.29, 1.82) is 0 Å². The second-order valence-electron chi connectivity index (χ2n) is 5.07. The molecule has 1 aromatic carbocycles. The second-order valence-corrected chi connectivity index (χ2v) is 5.07. The molecular formula is C13H18ClNO4. The lowest BCUT2D eigenvalue weighted by atomic mass is 9.80. The highest BCUT2D eigenvalue weighted by Crippen LogP contribution is 2.39. The van der Waals surface area contributed by atoms with E-state index in [1.165, 1.54) is 7.11 Å². The van der Waals surface area contributed by atoms with Crippen molar-refractivity contribution in [3.05, 3.63) is 23.8 Å². The first-order valence-electron chi connectivity index (χ1n) is 5.74. The van der Waals surface area contributed by atoms with Gasteiger partial charge in [0.15, 0.2) is 11.5 Å². The van der Waals surface area contributed by atoms with Crippen LogP contribution in [0.15, 0.2) is 18.2 Å². The number of phenols is 1. The molecule has 0 spiro atoms. The summed E-state index contributed by atoms with van der Waals surface area (Å²) < 4.78 is 10.1. The molecule has 0 unspecified atom stereocenters. The number of methoxy groups -OCH3 is 1. The number of aromatic hydroxyl groups is 1. The van der Waals surface area contributed by atoms with Gasteiger partial charge in [-0.05, 0) is 17.7 Å². The van der Waals surface area contributed by atoms with Crippen LogP contribution in [0.25, 0.3) is 0 Å². The van der Waals surface area contributed by atoms with Crippen LogP contribution in [-0.2, 0) is 4.74 Å². The van der Waals surface area contributed by atoms with Crippen molar-refractivity contribution < 1.29 is 19.4 Å². The van der Waals surface area contributed by atoms with Crippen LogP contribution >= 0.6 is 12.4 Å². The monoisotopic (exact) mass is 287 g/mol.